The van der Waals surface area contributed by atoms with Gasteiger partial charge in [-0.15, -0.1) is 0 Å². The molecule has 0 N–H and O–H groups in total. The number of rotatable bonds is 5. The van der Waals surface area contributed by atoms with Gasteiger partial charge in [0.1, 0.15) is 5.58 Å². The van der Waals surface area contributed by atoms with Crippen LogP contribution in [0.5, 0.6) is 0 Å². The fourth-order valence-electron chi connectivity index (χ4n) is 1.56. The molecule has 1 aromatic carbocycles. The minimum Gasteiger partial charge on any atom is -0.464 e. The third-order valence-electron chi connectivity index (χ3n) is 2.29. The Morgan fingerprint density at radius 2 is 2.27 bits per heavy atom. The van der Waals surface area contributed by atoms with Crippen molar-refractivity contribution in [3.8, 4) is 0 Å². The van der Waals surface area contributed by atoms with Crippen LogP contribution in [0.25, 0.3) is 11.0 Å². The van der Waals surface area contributed by atoms with Crippen LogP contribution in [0.3, 0.4) is 0 Å². The quantitative estimate of drug-likeness (QED) is 0.700. The highest BCUT2D eigenvalue weighted by molar-refractivity contribution is 5.77. The number of ether oxygens (including phenoxy) is 1. The molecule has 0 spiro atoms. The van der Waals surface area contributed by atoms with Crippen molar-refractivity contribution in [1.82, 2.24) is 0 Å². The number of carbonyl (C=O) groups excluding carboxylic acids is 1. The molecule has 15 heavy (non-hydrogen) atoms. The molecule has 0 saturated carbocycles. The molecule has 1 radical (unpaired) electrons. The van der Waals surface area contributed by atoms with Gasteiger partial charge < -0.3 is 9.15 Å². The predicted molar refractivity (Wildman–Crippen MR) is 56.2 cm³/mol. The van der Waals surface area contributed by atoms with Crippen molar-refractivity contribution in [3.05, 3.63) is 36.1 Å². The van der Waals surface area contributed by atoms with Gasteiger partial charge in [-0.3, -0.25) is 0 Å². The Hall–Kier alpha value is -1.77. The summed E-state index contributed by atoms with van der Waals surface area (Å²) in [7, 11) is 0. The van der Waals surface area contributed by atoms with E-state index in [-0.39, 0.29) is 0 Å². The van der Waals surface area contributed by atoms with Crippen LogP contribution in [0.15, 0.2) is 34.9 Å². The Morgan fingerprint density at radius 1 is 1.33 bits per heavy atom. The molecule has 0 aliphatic carbocycles. The van der Waals surface area contributed by atoms with Gasteiger partial charge in [0.05, 0.1) is 12.9 Å². The highest BCUT2D eigenvalue weighted by Crippen LogP contribution is 2.17. The maximum atomic E-state index is 9.80. The summed E-state index contributed by atoms with van der Waals surface area (Å²) in [6.07, 6.45) is 3.39. The van der Waals surface area contributed by atoms with Gasteiger partial charge in [-0.1, -0.05) is 6.07 Å². The monoisotopic (exact) mass is 203 g/mol. The van der Waals surface area contributed by atoms with Crippen molar-refractivity contribution < 1.29 is 13.9 Å². The van der Waals surface area contributed by atoms with Crippen molar-refractivity contribution in [1.29, 1.82) is 0 Å². The van der Waals surface area contributed by atoms with Crippen molar-refractivity contribution in [2.45, 2.75) is 12.8 Å². The number of hydrogen-bond donors (Lipinski definition) is 0. The highest BCUT2D eigenvalue weighted by Gasteiger charge is 1.98. The molecule has 3 heteroatoms. The Balaban J connectivity index is 1.98. The molecule has 1 aromatic heterocycles. The van der Waals surface area contributed by atoms with E-state index in [1.807, 2.05) is 18.2 Å². The summed E-state index contributed by atoms with van der Waals surface area (Å²) < 4.78 is 9.74. The second-order valence-corrected chi connectivity index (χ2v) is 3.33. The Kier molecular flexibility index (Phi) is 3.02. The summed E-state index contributed by atoms with van der Waals surface area (Å²) in [5, 5.41) is 1.11. The zero-order chi connectivity index (χ0) is 10.5. The van der Waals surface area contributed by atoms with E-state index in [4.69, 9.17) is 4.42 Å². The largest absolute Gasteiger partial charge is 0.464 e. The summed E-state index contributed by atoms with van der Waals surface area (Å²) >= 11 is 0. The lowest BCUT2D eigenvalue weighted by molar-refractivity contribution is 0.273. The molecule has 1 heterocycles. The van der Waals surface area contributed by atoms with E-state index in [9.17, 15) is 4.79 Å². The molecule has 2 aromatic rings. The van der Waals surface area contributed by atoms with Gasteiger partial charge in [0.25, 0.3) is 0 Å². The fourth-order valence-corrected chi connectivity index (χ4v) is 1.56. The second-order valence-electron chi connectivity index (χ2n) is 3.33. The minimum atomic E-state index is 0.424. The van der Waals surface area contributed by atoms with E-state index in [0.29, 0.717) is 6.61 Å². The van der Waals surface area contributed by atoms with Crippen LogP contribution in [0, 0.1) is 0 Å². The molecule has 0 bridgehead atoms. The van der Waals surface area contributed by atoms with Crippen LogP contribution in [0.4, 0.5) is 0 Å². The van der Waals surface area contributed by atoms with Gasteiger partial charge >= 0.3 is 6.47 Å². The lowest BCUT2D eigenvalue weighted by atomic mass is 10.1. The molecule has 3 nitrogen and oxygen atoms in total. The molecular formula is C12H11O3. The maximum Gasteiger partial charge on any atom is 0.417 e. The Bertz CT molecular complexity index is 445. The number of aryl methyl sites for hydroxylation is 1. The molecule has 0 amide bonds. The average molecular weight is 203 g/mol. The van der Waals surface area contributed by atoms with Crippen LogP contribution in [-0.4, -0.2) is 13.1 Å². The van der Waals surface area contributed by atoms with E-state index in [2.05, 4.69) is 10.8 Å². The SMILES string of the molecule is O=[C]OCCCc1ccc2occc2c1. The number of benzene rings is 1. The van der Waals surface area contributed by atoms with Crippen LogP contribution in [-0.2, 0) is 16.0 Å². The van der Waals surface area contributed by atoms with Crippen molar-refractivity contribution in [2.75, 3.05) is 6.61 Å². The van der Waals surface area contributed by atoms with Crippen molar-refractivity contribution in [2.24, 2.45) is 0 Å². The number of furan rings is 1. The second kappa shape index (κ2) is 4.64. The number of fused-ring (bicyclic) bond motifs is 1. The summed E-state index contributed by atoms with van der Waals surface area (Å²) in [6.45, 7) is 1.84. The topological polar surface area (TPSA) is 39.4 Å². The van der Waals surface area contributed by atoms with Crippen LogP contribution in [0.2, 0.25) is 0 Å². The van der Waals surface area contributed by atoms with Gasteiger partial charge in [0.15, 0.2) is 0 Å². The van der Waals surface area contributed by atoms with Gasteiger partial charge in [-0.25, -0.2) is 4.79 Å². The van der Waals surface area contributed by atoms with Crippen molar-refractivity contribution >= 4 is 17.4 Å². The van der Waals surface area contributed by atoms with Crippen LogP contribution < -0.4 is 0 Å². The third-order valence-corrected chi connectivity index (χ3v) is 2.29. The summed E-state index contributed by atoms with van der Waals surface area (Å²) in [6, 6.07) is 8.01. The molecule has 0 fully saturated rings. The first-order valence-electron chi connectivity index (χ1n) is 4.85. The van der Waals surface area contributed by atoms with Crippen LogP contribution in [0.1, 0.15) is 12.0 Å². The van der Waals surface area contributed by atoms with Gasteiger partial charge in [-0.2, -0.15) is 0 Å². The van der Waals surface area contributed by atoms with E-state index < -0.39 is 0 Å². The van der Waals surface area contributed by atoms with E-state index in [1.54, 1.807) is 6.26 Å². The molecular weight excluding hydrogens is 192 g/mol. The van der Waals surface area contributed by atoms with E-state index >= 15 is 0 Å². The first-order valence-corrected chi connectivity index (χ1v) is 4.85. The summed E-state index contributed by atoms with van der Waals surface area (Å²) in [5.41, 5.74) is 2.12. The molecule has 2 rings (SSSR count). The molecule has 0 unspecified atom stereocenters. The lowest BCUT2D eigenvalue weighted by Gasteiger charge is -2.00. The van der Waals surface area contributed by atoms with Crippen molar-refractivity contribution in [3.63, 3.8) is 0 Å². The lowest BCUT2D eigenvalue weighted by Crippen LogP contribution is -1.94. The maximum absolute atomic E-state index is 9.80. The molecule has 0 saturated heterocycles. The third kappa shape index (κ3) is 2.37. The standard InChI is InChI=1S/C12H11O3/c13-9-14-6-1-2-10-3-4-12-11(8-10)5-7-15-12/h3-5,7-8H,1-2,6H2. The first kappa shape index (κ1) is 9.77. The first-order chi connectivity index (χ1) is 7.40. The normalized spacial score (nSPS) is 10.4. The highest BCUT2D eigenvalue weighted by atomic mass is 16.5. The smallest absolute Gasteiger partial charge is 0.417 e. The van der Waals surface area contributed by atoms with E-state index in [1.165, 1.54) is 12.0 Å². The molecule has 0 atom stereocenters. The molecule has 77 valence electrons. The summed E-state index contributed by atoms with van der Waals surface area (Å²) in [4.78, 5) is 9.80. The average Bonchev–Trinajstić information content (AvgIpc) is 2.71. The number of hydrogen-bond acceptors (Lipinski definition) is 3. The Morgan fingerprint density at radius 3 is 3.13 bits per heavy atom. The zero-order valence-corrected chi connectivity index (χ0v) is 8.23. The molecule has 0 aliphatic rings. The fraction of sp³-hybridized carbons (Fsp3) is 0.250. The zero-order valence-electron chi connectivity index (χ0n) is 8.23. The Labute approximate surface area is 87.6 Å². The predicted octanol–water partition coefficient (Wildman–Crippen LogP) is 2.45. The van der Waals surface area contributed by atoms with Gasteiger partial charge in [0.2, 0.25) is 0 Å². The van der Waals surface area contributed by atoms with Gasteiger partial charge in [0, 0.05) is 5.39 Å². The van der Waals surface area contributed by atoms with Gasteiger partial charge in [-0.05, 0) is 36.6 Å². The molecule has 0 aliphatic heterocycles. The van der Waals surface area contributed by atoms with Crippen LogP contribution >= 0.6 is 0 Å². The minimum absolute atomic E-state index is 0.424. The summed E-state index contributed by atoms with van der Waals surface area (Å²) in [5.74, 6) is 0. The van der Waals surface area contributed by atoms with E-state index in [0.717, 1.165) is 23.8 Å².